The van der Waals surface area contributed by atoms with Gasteiger partial charge in [0, 0.05) is 44.7 Å². The van der Waals surface area contributed by atoms with Crippen LogP contribution in [0.25, 0.3) is 0 Å². The molecule has 2 heterocycles. The number of sulfone groups is 1. The molecule has 1 fully saturated rings. The van der Waals surface area contributed by atoms with Crippen LogP contribution in [0.15, 0.2) is 23.2 Å². The van der Waals surface area contributed by atoms with Crippen molar-refractivity contribution in [3.05, 3.63) is 23.9 Å². The van der Waals surface area contributed by atoms with Gasteiger partial charge in [-0.2, -0.15) is 0 Å². The van der Waals surface area contributed by atoms with Crippen LogP contribution in [0.1, 0.15) is 38.8 Å². The zero-order valence-electron chi connectivity index (χ0n) is 18.2. The van der Waals surface area contributed by atoms with Crippen LogP contribution in [0.5, 0.6) is 0 Å². The van der Waals surface area contributed by atoms with E-state index in [0.29, 0.717) is 19.0 Å². The van der Waals surface area contributed by atoms with Gasteiger partial charge >= 0.3 is 0 Å². The maximum Gasteiger partial charge on any atom is 0.191 e. The molecule has 166 valence electrons. The molecule has 29 heavy (non-hydrogen) atoms. The number of anilines is 1. The summed E-state index contributed by atoms with van der Waals surface area (Å²) < 4.78 is 22.8. The van der Waals surface area contributed by atoms with Crippen molar-refractivity contribution in [2.75, 3.05) is 43.6 Å². The van der Waals surface area contributed by atoms with E-state index in [1.54, 1.807) is 7.05 Å². The average Bonchev–Trinajstić information content (AvgIpc) is 2.64. The maximum absolute atomic E-state index is 11.4. The number of nitrogens with one attached hydrogen (secondary N) is 2. The Labute approximate surface area is 193 Å². The van der Waals surface area contributed by atoms with Gasteiger partial charge in [-0.3, -0.25) is 4.99 Å². The first-order valence-corrected chi connectivity index (χ1v) is 12.0. The summed E-state index contributed by atoms with van der Waals surface area (Å²) in [5, 5.41) is 6.87. The summed E-state index contributed by atoms with van der Waals surface area (Å²) in [6, 6.07) is 6.51. The highest BCUT2D eigenvalue weighted by Crippen LogP contribution is 2.20. The van der Waals surface area contributed by atoms with Gasteiger partial charge in [-0.15, -0.1) is 24.0 Å². The fourth-order valence-corrected chi connectivity index (χ4v) is 4.14. The van der Waals surface area contributed by atoms with E-state index in [1.807, 2.05) is 13.0 Å². The van der Waals surface area contributed by atoms with Crippen molar-refractivity contribution in [3.63, 3.8) is 0 Å². The molecule has 1 aliphatic heterocycles. The van der Waals surface area contributed by atoms with E-state index in [4.69, 9.17) is 0 Å². The quantitative estimate of drug-likeness (QED) is 0.316. The van der Waals surface area contributed by atoms with Crippen LogP contribution in [0.3, 0.4) is 0 Å². The highest BCUT2D eigenvalue weighted by molar-refractivity contribution is 14.0. The Balaban J connectivity index is 0.00000420. The van der Waals surface area contributed by atoms with Crippen LogP contribution in [0, 0.1) is 12.3 Å². The molecule has 2 N–H and O–H groups in total. The number of nitrogens with zero attached hydrogens (tertiary/aromatic N) is 3. The van der Waals surface area contributed by atoms with Gasteiger partial charge in [0.15, 0.2) is 5.96 Å². The monoisotopic (exact) mass is 537 g/mol. The predicted octanol–water partition coefficient (Wildman–Crippen LogP) is 2.60. The highest BCUT2D eigenvalue weighted by Gasteiger charge is 2.23. The standard InChI is InChI=1S/C20H35N5O2S.HI/c1-16-7-6-8-18(23-16)25-12-9-17(10-13-25)24-19(21-4)22-15-20(2,3)11-14-28(5,26)27;/h6-8,17H,9-15H2,1-5H3,(H2,21,22,24);1H. The molecule has 1 aromatic heterocycles. The lowest BCUT2D eigenvalue weighted by Crippen LogP contribution is -2.50. The number of pyridine rings is 1. The molecular weight excluding hydrogens is 501 g/mol. The first kappa shape index (κ1) is 25.9. The maximum atomic E-state index is 11.4. The van der Waals surface area contributed by atoms with Crippen molar-refractivity contribution in [3.8, 4) is 0 Å². The second kappa shape index (κ2) is 11.3. The van der Waals surface area contributed by atoms with E-state index < -0.39 is 9.84 Å². The number of aliphatic imine (C=N–C) groups is 1. The van der Waals surface area contributed by atoms with E-state index >= 15 is 0 Å². The Morgan fingerprint density at radius 1 is 1.31 bits per heavy atom. The molecule has 0 atom stereocenters. The topological polar surface area (TPSA) is 86.7 Å². The third-order valence-corrected chi connectivity index (χ3v) is 6.09. The SMILES string of the molecule is CN=C(NCC(C)(C)CCS(C)(=O)=O)NC1CCN(c2cccc(C)n2)CC1.I. The lowest BCUT2D eigenvalue weighted by atomic mass is 9.90. The van der Waals surface area contributed by atoms with E-state index in [9.17, 15) is 8.42 Å². The zero-order chi connectivity index (χ0) is 20.8. The number of halogens is 1. The van der Waals surface area contributed by atoms with E-state index in [1.165, 1.54) is 6.26 Å². The van der Waals surface area contributed by atoms with Gasteiger partial charge in [0.1, 0.15) is 15.7 Å². The zero-order valence-corrected chi connectivity index (χ0v) is 21.4. The first-order valence-electron chi connectivity index (χ1n) is 9.91. The van der Waals surface area contributed by atoms with Gasteiger partial charge in [0.05, 0.1) is 5.75 Å². The van der Waals surface area contributed by atoms with E-state index in [0.717, 1.165) is 43.4 Å². The number of aromatic nitrogens is 1. The minimum absolute atomic E-state index is 0. The van der Waals surface area contributed by atoms with Crippen molar-refractivity contribution < 1.29 is 8.42 Å². The van der Waals surface area contributed by atoms with Crippen molar-refractivity contribution in [1.82, 2.24) is 15.6 Å². The number of guanidine groups is 1. The summed E-state index contributed by atoms with van der Waals surface area (Å²) >= 11 is 0. The molecule has 0 spiro atoms. The number of aryl methyl sites for hydroxylation is 1. The summed E-state index contributed by atoms with van der Waals surface area (Å²) in [6.07, 6.45) is 3.95. The molecule has 0 saturated carbocycles. The van der Waals surface area contributed by atoms with Gasteiger partial charge in [-0.05, 0) is 43.7 Å². The molecule has 0 radical (unpaired) electrons. The van der Waals surface area contributed by atoms with Crippen molar-refractivity contribution in [2.24, 2.45) is 10.4 Å². The third-order valence-electron chi connectivity index (χ3n) is 5.14. The minimum atomic E-state index is -2.94. The van der Waals surface area contributed by atoms with Gasteiger partial charge in [-0.25, -0.2) is 13.4 Å². The first-order chi connectivity index (χ1) is 13.1. The van der Waals surface area contributed by atoms with Crippen molar-refractivity contribution in [2.45, 2.75) is 46.1 Å². The minimum Gasteiger partial charge on any atom is -0.356 e. The molecule has 0 bridgehead atoms. The van der Waals surface area contributed by atoms with Gasteiger partial charge < -0.3 is 15.5 Å². The van der Waals surface area contributed by atoms with Gasteiger partial charge in [-0.1, -0.05) is 19.9 Å². The fourth-order valence-electron chi connectivity index (χ4n) is 3.22. The summed E-state index contributed by atoms with van der Waals surface area (Å²) in [6.45, 7) is 8.77. The smallest absolute Gasteiger partial charge is 0.191 e. The predicted molar refractivity (Wildman–Crippen MR) is 132 cm³/mol. The van der Waals surface area contributed by atoms with Crippen molar-refractivity contribution in [1.29, 1.82) is 0 Å². The number of rotatable bonds is 7. The normalized spacial score (nSPS) is 16.3. The Morgan fingerprint density at radius 2 is 1.97 bits per heavy atom. The second-order valence-electron chi connectivity index (χ2n) is 8.51. The molecule has 9 heteroatoms. The Bertz CT molecular complexity index is 775. The lowest BCUT2D eigenvalue weighted by molar-refractivity contribution is 0.346. The fraction of sp³-hybridized carbons (Fsp3) is 0.700. The molecule has 1 aliphatic rings. The lowest BCUT2D eigenvalue weighted by Gasteiger charge is -2.34. The van der Waals surface area contributed by atoms with Gasteiger partial charge in [0.2, 0.25) is 0 Å². The molecular formula is C20H36IN5O2S. The molecule has 7 nitrogen and oxygen atoms in total. The van der Waals surface area contributed by atoms with Crippen LogP contribution in [0.4, 0.5) is 5.82 Å². The third kappa shape index (κ3) is 9.50. The van der Waals surface area contributed by atoms with Crippen LogP contribution in [-0.4, -0.2) is 64.1 Å². The Hall–Kier alpha value is -1.10. The molecule has 0 aromatic carbocycles. The van der Waals surface area contributed by atoms with Crippen molar-refractivity contribution >= 4 is 45.6 Å². The summed E-state index contributed by atoms with van der Waals surface area (Å²) in [5.41, 5.74) is 0.918. The number of hydrogen-bond acceptors (Lipinski definition) is 5. The Kier molecular flexibility index (Phi) is 10.1. The largest absolute Gasteiger partial charge is 0.356 e. The summed E-state index contributed by atoms with van der Waals surface area (Å²) in [7, 11) is -1.17. The van der Waals surface area contributed by atoms with Crippen LogP contribution < -0.4 is 15.5 Å². The molecule has 0 unspecified atom stereocenters. The number of hydrogen-bond donors (Lipinski definition) is 2. The second-order valence-corrected chi connectivity index (χ2v) is 10.8. The summed E-state index contributed by atoms with van der Waals surface area (Å²) in [4.78, 5) is 11.3. The van der Waals surface area contributed by atoms with Crippen LogP contribution in [-0.2, 0) is 9.84 Å². The molecule has 0 aliphatic carbocycles. The Morgan fingerprint density at radius 3 is 2.52 bits per heavy atom. The summed E-state index contributed by atoms with van der Waals surface area (Å²) in [5.74, 6) is 2.03. The number of piperidine rings is 1. The molecule has 2 rings (SSSR count). The molecule has 1 aromatic rings. The average molecular weight is 538 g/mol. The van der Waals surface area contributed by atoms with Gasteiger partial charge in [0.25, 0.3) is 0 Å². The van der Waals surface area contributed by atoms with Crippen LogP contribution in [0.2, 0.25) is 0 Å². The van der Waals surface area contributed by atoms with Crippen LogP contribution >= 0.6 is 24.0 Å². The van der Waals surface area contributed by atoms with E-state index in [2.05, 4.69) is 51.5 Å². The highest BCUT2D eigenvalue weighted by atomic mass is 127. The van der Waals surface area contributed by atoms with E-state index in [-0.39, 0.29) is 35.1 Å². The molecule has 1 saturated heterocycles. The molecule has 0 amide bonds.